The van der Waals surface area contributed by atoms with Gasteiger partial charge >= 0.3 is 87.0 Å². The summed E-state index contributed by atoms with van der Waals surface area (Å²) in [6.07, 6.45) is 0.104. The van der Waals surface area contributed by atoms with Gasteiger partial charge in [0.1, 0.15) is 0 Å². The van der Waals surface area contributed by atoms with Gasteiger partial charge in [-0.2, -0.15) is 0 Å². The Morgan fingerprint density at radius 3 is 1.77 bits per heavy atom. The van der Waals surface area contributed by atoms with E-state index >= 15 is 0 Å². The molecule has 0 aliphatic carbocycles. The van der Waals surface area contributed by atoms with Crippen molar-refractivity contribution >= 4 is 46.4 Å². The van der Waals surface area contributed by atoms with Gasteiger partial charge in [0.2, 0.25) is 0 Å². The van der Waals surface area contributed by atoms with Crippen molar-refractivity contribution in [1.29, 1.82) is 0 Å². The molecule has 0 amide bonds. The van der Waals surface area contributed by atoms with Gasteiger partial charge in [0.25, 0.3) is 0 Å². The Bertz CT molecular complexity index is 399. The third-order valence-corrected chi connectivity index (χ3v) is 16.1. The summed E-state index contributed by atoms with van der Waals surface area (Å²) in [6, 6.07) is 0. The minimum absolute atomic E-state index is 0.216. The first kappa shape index (κ1) is 11.6. The zero-order chi connectivity index (χ0) is 10.3. The van der Waals surface area contributed by atoms with Crippen LogP contribution in [-0.4, -0.2) is 54.0 Å². The molecular weight excluding hydrogens is 323 g/mol. The van der Waals surface area contributed by atoms with Crippen molar-refractivity contribution in [3.63, 3.8) is 0 Å². The molecule has 0 fully saturated rings. The van der Waals surface area contributed by atoms with E-state index in [1.807, 2.05) is 0 Å². The molecule has 0 atom stereocenters. The van der Waals surface area contributed by atoms with Crippen LogP contribution in [-0.2, 0) is 20.2 Å². The Kier molecular flexibility index (Phi) is 2.95. The summed E-state index contributed by atoms with van der Waals surface area (Å²) < 4.78 is 60.3. The fourth-order valence-electron chi connectivity index (χ4n) is 1.19. The zero-order valence-electron chi connectivity index (χ0n) is 6.41. The van der Waals surface area contributed by atoms with Crippen LogP contribution >= 0.6 is 0 Å². The summed E-state index contributed by atoms with van der Waals surface area (Å²) in [5.74, 6) is 0. The molecule has 0 bridgehead atoms. The Labute approximate surface area is 86.7 Å². The van der Waals surface area contributed by atoms with Crippen LogP contribution in [0.2, 0.25) is 0 Å². The number of hydrogen-bond donors (Lipinski definition) is 2. The van der Waals surface area contributed by atoms with Crippen molar-refractivity contribution in [1.82, 2.24) is 0 Å². The van der Waals surface area contributed by atoms with E-state index in [9.17, 15) is 16.8 Å². The quantitative estimate of drug-likeness (QED) is 0.610. The minimum atomic E-state index is -4.71. The molecule has 2 N–H and O–H groups in total. The molecule has 0 aromatic heterocycles. The van der Waals surface area contributed by atoms with Crippen molar-refractivity contribution in [2.75, 3.05) is 0 Å². The Morgan fingerprint density at radius 1 is 1.15 bits per heavy atom. The van der Waals surface area contributed by atoms with E-state index in [4.69, 9.17) is 9.11 Å². The van der Waals surface area contributed by atoms with Gasteiger partial charge in [-0.05, 0) is 0 Å². The van der Waals surface area contributed by atoms with Gasteiger partial charge < -0.3 is 0 Å². The molecule has 0 saturated carbocycles. The van der Waals surface area contributed by atoms with Crippen LogP contribution in [0.25, 0.3) is 0 Å². The molecule has 1 heterocycles. The van der Waals surface area contributed by atoms with Crippen LogP contribution in [0.1, 0.15) is 12.8 Å². The van der Waals surface area contributed by atoms with E-state index in [1.165, 1.54) is 0 Å². The van der Waals surface area contributed by atoms with Gasteiger partial charge in [-0.3, -0.25) is 0 Å². The van der Waals surface area contributed by atoms with Crippen LogP contribution in [0, 0.1) is 0 Å². The molecule has 0 aromatic carbocycles. The average molecular weight is 330 g/mol. The van der Waals surface area contributed by atoms with Gasteiger partial charge in [-0.15, -0.1) is 0 Å². The van der Waals surface area contributed by atoms with Crippen molar-refractivity contribution in [3.8, 4) is 0 Å². The van der Waals surface area contributed by atoms with Crippen LogP contribution < -0.4 is 0 Å². The van der Waals surface area contributed by atoms with Crippen LogP contribution in [0.15, 0.2) is 0 Å². The summed E-state index contributed by atoms with van der Waals surface area (Å²) in [6.45, 7) is 0. The molecule has 0 spiro atoms. The van der Waals surface area contributed by atoms with Crippen molar-refractivity contribution < 1.29 is 25.9 Å². The van der Waals surface area contributed by atoms with Gasteiger partial charge in [0, 0.05) is 0 Å². The van der Waals surface area contributed by atoms with Crippen molar-refractivity contribution in [3.05, 3.63) is 0 Å². The number of hydrogen-bond acceptors (Lipinski definition) is 4. The molecule has 6 nitrogen and oxygen atoms in total. The standard InChI is InChI=1S/C4H7O6S2.In/c1-2-3-4(11(5,6)7)12(8,9)10;/h1H,2-3H2,(H,5,6,7)(H,8,9,10);. The fourth-order valence-corrected chi connectivity index (χ4v) is 10.5. The third kappa shape index (κ3) is 1.84. The molecular formula is C4H7InO6S2. The summed E-state index contributed by atoms with van der Waals surface area (Å²) >= 11 is -2.13. The van der Waals surface area contributed by atoms with E-state index in [0.717, 1.165) is 0 Å². The predicted octanol–water partition coefficient (Wildman–Crippen LogP) is -1.28. The Hall–Kier alpha value is 0.560. The molecule has 13 heavy (non-hydrogen) atoms. The molecule has 1 rings (SSSR count). The van der Waals surface area contributed by atoms with E-state index < -0.39 is 44.5 Å². The number of rotatable bonds is 2. The summed E-state index contributed by atoms with van der Waals surface area (Å²) in [5.41, 5.74) is 0. The van der Waals surface area contributed by atoms with Gasteiger partial charge in [0.05, 0.1) is 0 Å². The maximum atomic E-state index is 10.8. The molecule has 74 valence electrons. The van der Waals surface area contributed by atoms with E-state index in [-0.39, 0.29) is 6.42 Å². The van der Waals surface area contributed by atoms with Gasteiger partial charge in [0.15, 0.2) is 0 Å². The summed E-state index contributed by atoms with van der Waals surface area (Å²) in [4.78, 5) is 0. The van der Waals surface area contributed by atoms with E-state index in [2.05, 4.69) is 0 Å². The van der Waals surface area contributed by atoms with E-state index in [0.29, 0.717) is 6.42 Å². The van der Waals surface area contributed by atoms with Gasteiger partial charge in [-0.25, -0.2) is 0 Å². The van der Waals surface area contributed by atoms with Crippen molar-refractivity contribution in [2.45, 2.75) is 14.7 Å². The first-order valence-electron chi connectivity index (χ1n) is 3.32. The molecule has 0 saturated heterocycles. The fraction of sp³-hybridized carbons (Fsp3) is 0.750. The van der Waals surface area contributed by atoms with Crippen molar-refractivity contribution in [2.24, 2.45) is 0 Å². The zero-order valence-corrected chi connectivity index (χ0v) is 11.3. The summed E-state index contributed by atoms with van der Waals surface area (Å²) in [5, 5.41) is 0. The second kappa shape index (κ2) is 3.30. The first-order chi connectivity index (χ1) is 5.71. The first-order valence-corrected chi connectivity index (χ1v) is 9.75. The monoisotopic (exact) mass is 330 g/mol. The molecule has 0 unspecified atom stereocenters. The topological polar surface area (TPSA) is 109 Å². The molecule has 0 radical (unpaired) electrons. The SMILES string of the molecule is O=S(=O)(O)[C]1(S(=O)(=O)O)CC[CH]=[In]1. The molecule has 1 aliphatic heterocycles. The second-order valence-corrected chi connectivity index (χ2v) is 13.8. The van der Waals surface area contributed by atoms with Gasteiger partial charge in [-0.1, -0.05) is 0 Å². The third-order valence-electron chi connectivity index (χ3n) is 1.90. The van der Waals surface area contributed by atoms with Crippen LogP contribution in [0.3, 0.4) is 0 Å². The summed E-state index contributed by atoms with van der Waals surface area (Å²) in [7, 11) is -9.41. The second-order valence-electron chi connectivity index (χ2n) is 2.70. The molecule has 0 aromatic rings. The molecule has 1 aliphatic rings. The maximum absolute atomic E-state index is 10.8. The van der Waals surface area contributed by atoms with Crippen LogP contribution in [0.5, 0.6) is 0 Å². The van der Waals surface area contributed by atoms with E-state index in [1.54, 1.807) is 3.76 Å². The molecule has 9 heteroatoms. The average Bonchev–Trinajstić information content (AvgIpc) is 2.28. The Balaban J connectivity index is 3.45. The van der Waals surface area contributed by atoms with Crippen LogP contribution in [0.4, 0.5) is 0 Å². The predicted molar refractivity (Wildman–Crippen MR) is 46.9 cm³/mol. The Morgan fingerprint density at radius 2 is 1.62 bits per heavy atom. The normalized spacial score (nSPS) is 21.4.